The van der Waals surface area contributed by atoms with Crippen molar-refractivity contribution in [1.29, 1.82) is 0 Å². The van der Waals surface area contributed by atoms with Crippen molar-refractivity contribution in [1.82, 2.24) is 9.80 Å². The molecule has 1 aromatic rings. The van der Waals surface area contributed by atoms with E-state index in [-0.39, 0.29) is 18.2 Å². The van der Waals surface area contributed by atoms with Gasteiger partial charge in [0.15, 0.2) is 9.74 Å². The molecule has 1 spiro atoms. The number of likely N-dealkylation sites (N-methyl/N-ethyl adjacent to an activating group) is 1. The van der Waals surface area contributed by atoms with Gasteiger partial charge in [-0.3, -0.25) is 14.4 Å². The highest BCUT2D eigenvalue weighted by atomic mass is 79.9. The molecule has 0 saturated carbocycles. The van der Waals surface area contributed by atoms with Gasteiger partial charge in [-0.1, -0.05) is 25.4 Å². The number of hydrogen-bond acceptors (Lipinski definition) is 6. The number of piperazine rings is 1. The van der Waals surface area contributed by atoms with E-state index < -0.39 is 36.6 Å². The van der Waals surface area contributed by atoms with Crippen LogP contribution in [-0.2, 0) is 39.8 Å². The Morgan fingerprint density at radius 3 is 2.52 bits per heavy atom. The van der Waals surface area contributed by atoms with Crippen molar-refractivity contribution in [2.45, 2.75) is 36.1 Å². The Balaban J connectivity index is 2.02. The van der Waals surface area contributed by atoms with Gasteiger partial charge in [0.2, 0.25) is 0 Å². The number of methoxy groups -OCH3 is 2. The number of nitrogens with zero attached hydrogens (tertiary/aromatic N) is 2. The van der Waals surface area contributed by atoms with Crippen LogP contribution in [0, 0.1) is 5.41 Å². The first-order valence-corrected chi connectivity index (χ1v) is 11.9. The molecule has 10 heteroatoms. The second-order valence-corrected chi connectivity index (χ2v) is 11.8. The van der Waals surface area contributed by atoms with E-state index in [1.54, 1.807) is 51.1 Å². The largest absolute Gasteiger partial charge is 0.497 e. The lowest BCUT2D eigenvalue weighted by Crippen LogP contribution is -2.61. The molecule has 0 radical (unpaired) electrons. The summed E-state index contributed by atoms with van der Waals surface area (Å²) in [6.07, 6.45) is 0.123. The molecule has 3 aliphatic rings. The number of hydrogen-bond donors (Lipinski definition) is 0. The number of benzene rings is 1. The quantitative estimate of drug-likeness (QED) is 0.589. The van der Waals surface area contributed by atoms with Crippen molar-refractivity contribution < 1.29 is 23.9 Å². The third-order valence-corrected chi connectivity index (χ3v) is 11.4. The number of carbonyl (C=O) groups is 3. The monoisotopic (exact) mass is 500 g/mol. The van der Waals surface area contributed by atoms with Crippen molar-refractivity contribution in [2.24, 2.45) is 5.41 Å². The lowest BCUT2D eigenvalue weighted by atomic mass is 9.78. The molecule has 3 heterocycles. The zero-order valence-corrected chi connectivity index (χ0v) is 19.9. The first kappa shape index (κ1) is 20.7. The topological polar surface area (TPSA) is 76.2 Å². The molecule has 5 atom stereocenters. The van der Waals surface area contributed by atoms with E-state index in [1.807, 2.05) is 0 Å². The normalized spacial score (nSPS) is 37.9. The maximum Gasteiger partial charge on any atom is 0.314 e. The predicted molar refractivity (Wildman–Crippen MR) is 114 cm³/mol. The van der Waals surface area contributed by atoms with Gasteiger partial charge < -0.3 is 19.3 Å². The first-order valence-electron chi connectivity index (χ1n) is 8.97. The van der Waals surface area contributed by atoms with E-state index in [9.17, 15) is 14.4 Å². The minimum absolute atomic E-state index is 0.123. The van der Waals surface area contributed by atoms with E-state index in [2.05, 4.69) is 15.9 Å². The summed E-state index contributed by atoms with van der Waals surface area (Å²) in [5.74, 6) is -0.343. The molecule has 0 aromatic heterocycles. The fourth-order valence-corrected chi connectivity index (χ4v) is 8.96. The van der Waals surface area contributed by atoms with Gasteiger partial charge >= 0.3 is 5.97 Å². The van der Waals surface area contributed by atoms with E-state index in [4.69, 9.17) is 20.7 Å². The summed E-state index contributed by atoms with van der Waals surface area (Å²) in [4.78, 5) is 40.8. The lowest BCUT2D eigenvalue weighted by molar-refractivity contribution is -0.160. The summed E-state index contributed by atoms with van der Waals surface area (Å²) in [5, 5.41) is 0. The second-order valence-electron chi connectivity index (χ2n) is 7.95. The van der Waals surface area contributed by atoms with Crippen LogP contribution in [0.5, 0.6) is 5.75 Å². The average molecular weight is 501 g/mol. The van der Waals surface area contributed by atoms with Gasteiger partial charge in [-0.05, 0) is 48.8 Å². The number of carbonyl (C=O) groups excluding carboxylic acids is 3. The number of ether oxygens (including phenoxy) is 2. The average Bonchev–Trinajstić information content (AvgIpc) is 3.14. The van der Waals surface area contributed by atoms with E-state index in [0.717, 1.165) is 0 Å². The number of esters is 1. The van der Waals surface area contributed by atoms with Crippen LogP contribution in [0.3, 0.4) is 0 Å². The number of rotatable bonds is 3. The number of fused-ring (bicyclic) bond motifs is 1. The molecule has 2 bridgehead atoms. The zero-order chi connectivity index (χ0) is 21.5. The minimum Gasteiger partial charge on any atom is -0.497 e. The first-order chi connectivity index (χ1) is 13.5. The van der Waals surface area contributed by atoms with Gasteiger partial charge in [-0.25, -0.2) is 0 Å². The molecular weight excluding hydrogens is 480 g/mol. The van der Waals surface area contributed by atoms with Gasteiger partial charge in [-0.15, -0.1) is 0 Å². The third-order valence-electron chi connectivity index (χ3n) is 6.57. The van der Waals surface area contributed by atoms with Crippen molar-refractivity contribution in [3.05, 3.63) is 28.2 Å². The van der Waals surface area contributed by atoms with Crippen molar-refractivity contribution in [2.75, 3.05) is 21.3 Å². The van der Waals surface area contributed by atoms with E-state index >= 15 is 0 Å². The minimum atomic E-state index is -1.23. The molecular formula is C19H21BrN2O5S2. The number of halogens is 1. The Morgan fingerprint density at radius 1 is 1.28 bits per heavy atom. The Morgan fingerprint density at radius 2 is 1.93 bits per heavy atom. The van der Waals surface area contributed by atoms with Gasteiger partial charge in [-0.2, -0.15) is 0 Å². The van der Waals surface area contributed by atoms with Gasteiger partial charge in [0, 0.05) is 17.9 Å². The van der Waals surface area contributed by atoms with Crippen molar-refractivity contribution in [3.63, 3.8) is 0 Å². The maximum absolute atomic E-state index is 13.7. The highest BCUT2D eigenvalue weighted by Gasteiger charge is 2.81. The van der Waals surface area contributed by atoms with Crippen LogP contribution in [0.15, 0.2) is 22.7 Å². The molecule has 2 amide bonds. The van der Waals surface area contributed by atoms with Gasteiger partial charge in [0.05, 0.1) is 25.7 Å². The molecule has 29 heavy (non-hydrogen) atoms. The predicted octanol–water partition coefficient (Wildman–Crippen LogP) is 1.89. The molecule has 3 fully saturated rings. The van der Waals surface area contributed by atoms with Crippen LogP contribution in [-0.4, -0.2) is 58.6 Å². The Hall–Kier alpha value is -1.52. The summed E-state index contributed by atoms with van der Waals surface area (Å²) in [6.45, 7) is 3.47. The zero-order valence-electron chi connectivity index (χ0n) is 16.6. The summed E-state index contributed by atoms with van der Waals surface area (Å²) >= 11 is 9.36. The molecule has 0 aliphatic carbocycles. The van der Waals surface area contributed by atoms with Crippen LogP contribution < -0.4 is 4.74 Å². The van der Waals surface area contributed by atoms with Crippen LogP contribution >= 0.6 is 15.9 Å². The van der Waals surface area contributed by atoms with Crippen LogP contribution in [0.4, 0.5) is 0 Å². The highest BCUT2D eigenvalue weighted by Crippen LogP contribution is 2.66. The highest BCUT2D eigenvalue weighted by molar-refractivity contribution is 9.10. The summed E-state index contributed by atoms with van der Waals surface area (Å²) < 4.78 is 11.2. The Kier molecular flexibility index (Phi) is 4.46. The molecule has 4 rings (SSSR count). The van der Waals surface area contributed by atoms with E-state index in [1.165, 1.54) is 12.0 Å². The number of amides is 2. The van der Waals surface area contributed by atoms with Crippen molar-refractivity contribution >= 4 is 54.4 Å². The Bertz CT molecular complexity index is 1000. The smallest absolute Gasteiger partial charge is 0.314 e. The van der Waals surface area contributed by atoms with Crippen LogP contribution in [0.1, 0.15) is 31.9 Å². The molecule has 7 nitrogen and oxygen atoms in total. The van der Waals surface area contributed by atoms with Crippen molar-refractivity contribution in [3.8, 4) is 5.75 Å². The van der Waals surface area contributed by atoms with Crippen LogP contribution in [0.2, 0.25) is 0 Å². The Labute approximate surface area is 184 Å². The third kappa shape index (κ3) is 2.17. The summed E-state index contributed by atoms with van der Waals surface area (Å²) in [5.41, 5.74) is -0.466. The lowest BCUT2D eigenvalue weighted by Gasteiger charge is -2.40. The summed E-state index contributed by atoms with van der Waals surface area (Å²) in [7, 11) is 3.45. The van der Waals surface area contributed by atoms with Crippen LogP contribution in [0.25, 0.3) is 0 Å². The second kappa shape index (κ2) is 6.24. The molecule has 3 saturated heterocycles. The fourth-order valence-electron chi connectivity index (χ4n) is 4.98. The fraction of sp³-hybridized carbons (Fsp3) is 0.526. The van der Waals surface area contributed by atoms with Gasteiger partial charge in [0.1, 0.15) is 5.75 Å². The standard InChI is InChI=1S/C19H21BrN2O5S2/c1-17(16(25)27-5)9-19-15(24)21(3)18(2,29(19)28)14(23)22(19)13(17)11-8-10(26-4)6-7-12(11)20/h6-8,13H,9H2,1-5H3/t13-,17-,18+,19+,29?/m0/s1. The SMILES string of the molecule is COC(=O)[C@@]1(C)C[C@@]23C(=O)N(C)[C@@](C)(C(=O)N2[C@H]1c1cc(OC)ccc1Br)S3=S. The molecule has 3 aliphatic heterocycles. The molecule has 1 unspecified atom stereocenters. The molecule has 0 N–H and O–H groups in total. The van der Waals surface area contributed by atoms with E-state index in [0.29, 0.717) is 15.8 Å². The maximum atomic E-state index is 13.7. The van der Waals surface area contributed by atoms with Gasteiger partial charge in [0.25, 0.3) is 11.8 Å². The molecule has 156 valence electrons. The molecule has 1 aromatic carbocycles. The summed E-state index contributed by atoms with van der Waals surface area (Å²) in [6, 6.07) is 4.65.